The summed E-state index contributed by atoms with van der Waals surface area (Å²) in [6.07, 6.45) is 3.19. The van der Waals surface area contributed by atoms with E-state index < -0.39 is 5.91 Å². The van der Waals surface area contributed by atoms with Crippen molar-refractivity contribution >= 4 is 33.3 Å². The molecule has 4 rings (SSSR count). The minimum Gasteiger partial charge on any atom is -0.315 e. The van der Waals surface area contributed by atoms with Crippen LogP contribution in [0.1, 0.15) is 10.4 Å². The second kappa shape index (κ2) is 6.33. The van der Waals surface area contributed by atoms with Crippen molar-refractivity contribution < 1.29 is 4.79 Å². The van der Waals surface area contributed by atoms with E-state index in [4.69, 9.17) is 0 Å². The first-order chi connectivity index (χ1) is 12.2. The zero-order valence-corrected chi connectivity index (χ0v) is 13.9. The fourth-order valence-electron chi connectivity index (χ4n) is 2.69. The summed E-state index contributed by atoms with van der Waals surface area (Å²) in [5, 5.41) is 5.40. The topological polar surface area (TPSA) is 64.0 Å². The molecule has 0 fully saturated rings. The van der Waals surface area contributed by atoms with Crippen LogP contribution < -0.4 is 10.7 Å². The number of nitrogens with one attached hydrogen (secondary N) is 1. The second-order valence-corrected chi connectivity index (χ2v) is 6.28. The van der Waals surface area contributed by atoms with Gasteiger partial charge in [0.25, 0.3) is 5.91 Å². The highest BCUT2D eigenvalue weighted by Crippen LogP contribution is 2.18. The summed E-state index contributed by atoms with van der Waals surface area (Å²) in [7, 11) is 0. The van der Waals surface area contributed by atoms with E-state index in [1.807, 2.05) is 47.0 Å². The molecule has 122 valence electrons. The van der Waals surface area contributed by atoms with Crippen LogP contribution in [-0.2, 0) is 0 Å². The molecule has 0 atom stereocenters. The fraction of sp³-hybridized carbons (Fsp3) is 0. The molecule has 5 nitrogen and oxygen atoms in total. The van der Waals surface area contributed by atoms with Gasteiger partial charge < -0.3 is 4.57 Å². The van der Waals surface area contributed by atoms with Gasteiger partial charge in [-0.25, -0.2) is 4.98 Å². The molecule has 1 amide bonds. The largest absolute Gasteiger partial charge is 0.315 e. The molecule has 0 aliphatic heterocycles. The maximum absolute atomic E-state index is 12.8. The average Bonchev–Trinajstić information content (AvgIpc) is 3.16. The number of para-hydroxylation sites is 2. The number of anilines is 1. The van der Waals surface area contributed by atoms with Crippen LogP contribution in [-0.4, -0.2) is 15.5 Å². The van der Waals surface area contributed by atoms with Gasteiger partial charge >= 0.3 is 0 Å². The number of carbonyl (C=O) groups is 1. The van der Waals surface area contributed by atoms with Crippen LogP contribution >= 0.6 is 11.3 Å². The quantitative estimate of drug-likeness (QED) is 0.615. The maximum atomic E-state index is 12.8. The zero-order chi connectivity index (χ0) is 17.2. The molecule has 2 heterocycles. The van der Waals surface area contributed by atoms with Crippen LogP contribution in [0.2, 0.25) is 0 Å². The number of nitrogens with zero attached hydrogens (tertiary/aromatic N) is 2. The number of benzene rings is 2. The number of aromatic nitrogens is 2. The Kier molecular flexibility index (Phi) is 3.87. The highest BCUT2D eigenvalue weighted by molar-refractivity contribution is 7.13. The third-order valence-corrected chi connectivity index (χ3v) is 4.53. The number of rotatable bonds is 3. The Labute approximate surface area is 147 Å². The van der Waals surface area contributed by atoms with Crippen molar-refractivity contribution in [1.29, 1.82) is 0 Å². The lowest BCUT2D eigenvalue weighted by molar-refractivity contribution is 0.102. The van der Waals surface area contributed by atoms with Gasteiger partial charge in [-0.1, -0.05) is 30.3 Å². The Bertz CT molecular complexity index is 1100. The van der Waals surface area contributed by atoms with Gasteiger partial charge in [-0.2, -0.15) is 0 Å². The number of amides is 1. The van der Waals surface area contributed by atoms with Gasteiger partial charge in [-0.3, -0.25) is 14.9 Å². The minimum atomic E-state index is -0.463. The van der Waals surface area contributed by atoms with E-state index in [0.717, 1.165) is 11.2 Å². The number of carbonyl (C=O) groups excluding carboxylic acids is 1. The Hall–Kier alpha value is -3.25. The predicted octanol–water partition coefficient (Wildman–Crippen LogP) is 3.70. The van der Waals surface area contributed by atoms with Crippen LogP contribution in [0.25, 0.3) is 16.6 Å². The standard InChI is InChI=1S/C19H13N3O2S/c23-17-14-8-4-5-9-16(14)22(13-6-2-1-3-7-13)12-15(17)18(24)21-19-20-10-11-25-19/h1-12H,(H,20,21,24). The van der Waals surface area contributed by atoms with Crippen molar-refractivity contribution in [3.05, 3.63) is 88.2 Å². The van der Waals surface area contributed by atoms with Gasteiger partial charge in [-0.05, 0) is 24.3 Å². The van der Waals surface area contributed by atoms with Gasteiger partial charge in [0.1, 0.15) is 5.56 Å². The van der Waals surface area contributed by atoms with Gasteiger partial charge in [0.2, 0.25) is 5.43 Å². The van der Waals surface area contributed by atoms with Crippen molar-refractivity contribution in [1.82, 2.24) is 9.55 Å². The van der Waals surface area contributed by atoms with Crippen molar-refractivity contribution in [2.45, 2.75) is 0 Å². The summed E-state index contributed by atoms with van der Waals surface area (Å²) in [6.45, 7) is 0. The molecule has 0 spiro atoms. The second-order valence-electron chi connectivity index (χ2n) is 5.39. The Balaban J connectivity index is 1.92. The molecule has 0 aliphatic carbocycles. The lowest BCUT2D eigenvalue weighted by Crippen LogP contribution is -2.23. The zero-order valence-electron chi connectivity index (χ0n) is 13.0. The van der Waals surface area contributed by atoms with E-state index >= 15 is 0 Å². The van der Waals surface area contributed by atoms with Crippen LogP contribution in [0.15, 0.2) is 77.2 Å². The van der Waals surface area contributed by atoms with Gasteiger partial charge in [0, 0.05) is 28.8 Å². The Morgan fingerprint density at radius 2 is 1.80 bits per heavy atom. The summed E-state index contributed by atoms with van der Waals surface area (Å²) in [5.74, 6) is -0.463. The summed E-state index contributed by atoms with van der Waals surface area (Å²) in [6, 6.07) is 16.9. The SMILES string of the molecule is O=C(Nc1nccs1)c1cn(-c2ccccc2)c2ccccc2c1=O. The molecule has 0 bridgehead atoms. The van der Waals surface area contributed by atoms with E-state index in [2.05, 4.69) is 10.3 Å². The smallest absolute Gasteiger partial charge is 0.262 e. The lowest BCUT2D eigenvalue weighted by Gasteiger charge is -2.13. The molecule has 2 aromatic heterocycles. The molecular formula is C19H13N3O2S. The van der Waals surface area contributed by atoms with E-state index in [9.17, 15) is 9.59 Å². The number of hydrogen-bond acceptors (Lipinski definition) is 4. The average molecular weight is 347 g/mol. The molecule has 6 heteroatoms. The van der Waals surface area contributed by atoms with Crippen LogP contribution in [0.5, 0.6) is 0 Å². The van der Waals surface area contributed by atoms with Crippen LogP contribution in [0.3, 0.4) is 0 Å². The Morgan fingerprint density at radius 1 is 1.04 bits per heavy atom. The van der Waals surface area contributed by atoms with Crippen LogP contribution in [0, 0.1) is 0 Å². The highest BCUT2D eigenvalue weighted by Gasteiger charge is 2.16. The summed E-state index contributed by atoms with van der Waals surface area (Å²) in [5.41, 5.74) is 1.42. The first-order valence-electron chi connectivity index (χ1n) is 7.65. The third kappa shape index (κ3) is 2.83. The number of hydrogen-bond donors (Lipinski definition) is 1. The van der Waals surface area contributed by atoms with E-state index in [1.165, 1.54) is 11.3 Å². The van der Waals surface area contributed by atoms with Crippen molar-refractivity contribution in [3.63, 3.8) is 0 Å². The molecule has 0 saturated carbocycles. The van der Waals surface area contributed by atoms with Gasteiger partial charge in [-0.15, -0.1) is 11.3 Å². The highest BCUT2D eigenvalue weighted by atomic mass is 32.1. The minimum absolute atomic E-state index is 0.0813. The van der Waals surface area contributed by atoms with Gasteiger partial charge in [0.15, 0.2) is 5.13 Å². The van der Waals surface area contributed by atoms with Gasteiger partial charge in [0.05, 0.1) is 5.52 Å². The summed E-state index contributed by atoms with van der Waals surface area (Å²) < 4.78 is 1.85. The molecule has 0 unspecified atom stereocenters. The molecule has 2 aromatic carbocycles. The molecular weight excluding hydrogens is 334 g/mol. The fourth-order valence-corrected chi connectivity index (χ4v) is 3.22. The predicted molar refractivity (Wildman–Crippen MR) is 99.6 cm³/mol. The van der Waals surface area contributed by atoms with E-state index in [-0.39, 0.29) is 11.0 Å². The maximum Gasteiger partial charge on any atom is 0.262 e. The molecule has 0 aliphatic rings. The van der Waals surface area contributed by atoms with E-state index in [0.29, 0.717) is 10.5 Å². The third-order valence-electron chi connectivity index (χ3n) is 3.84. The molecule has 1 N–H and O–H groups in total. The first kappa shape index (κ1) is 15.3. The Morgan fingerprint density at radius 3 is 2.56 bits per heavy atom. The molecule has 0 radical (unpaired) electrons. The monoisotopic (exact) mass is 347 g/mol. The van der Waals surface area contributed by atoms with Crippen molar-refractivity contribution in [3.8, 4) is 5.69 Å². The van der Waals surface area contributed by atoms with E-state index in [1.54, 1.807) is 29.9 Å². The summed E-state index contributed by atoms with van der Waals surface area (Å²) in [4.78, 5) is 29.4. The normalized spacial score (nSPS) is 10.7. The molecule has 25 heavy (non-hydrogen) atoms. The number of thiazole rings is 1. The van der Waals surface area contributed by atoms with Crippen molar-refractivity contribution in [2.24, 2.45) is 0 Å². The molecule has 0 saturated heterocycles. The number of pyridine rings is 1. The molecule has 4 aromatic rings. The first-order valence-corrected chi connectivity index (χ1v) is 8.52. The van der Waals surface area contributed by atoms with Crippen LogP contribution in [0.4, 0.5) is 5.13 Å². The lowest BCUT2D eigenvalue weighted by atomic mass is 10.1. The number of fused-ring (bicyclic) bond motifs is 1. The summed E-state index contributed by atoms with van der Waals surface area (Å²) >= 11 is 1.30. The van der Waals surface area contributed by atoms with Crippen molar-refractivity contribution in [2.75, 3.05) is 5.32 Å².